The fourth-order valence-corrected chi connectivity index (χ4v) is 2.74. The molecule has 0 aromatic carbocycles. The van der Waals surface area contributed by atoms with Gasteiger partial charge >= 0.3 is 0 Å². The second-order valence-electron chi connectivity index (χ2n) is 5.95. The van der Waals surface area contributed by atoms with Gasteiger partial charge in [0, 0.05) is 17.5 Å². The minimum absolute atomic E-state index is 0.349. The lowest BCUT2D eigenvalue weighted by Gasteiger charge is -2.24. The first-order valence-corrected chi connectivity index (χ1v) is 8.38. The summed E-state index contributed by atoms with van der Waals surface area (Å²) in [5, 5.41) is 5.49. The number of thiophene rings is 1. The lowest BCUT2D eigenvalue weighted by Crippen LogP contribution is -2.30. The van der Waals surface area contributed by atoms with Gasteiger partial charge in [-0.15, -0.1) is 11.3 Å². The van der Waals surface area contributed by atoms with Gasteiger partial charge in [-0.25, -0.2) is 0 Å². The van der Waals surface area contributed by atoms with Gasteiger partial charge in [-0.1, -0.05) is 19.9 Å². The van der Waals surface area contributed by atoms with Gasteiger partial charge in [0.2, 0.25) is 0 Å². The van der Waals surface area contributed by atoms with Gasteiger partial charge in [-0.2, -0.15) is 4.98 Å². The normalized spacial score (nSPS) is 11.5. The predicted molar refractivity (Wildman–Crippen MR) is 88.7 cm³/mol. The summed E-state index contributed by atoms with van der Waals surface area (Å²) >= 11 is 1.76. The van der Waals surface area contributed by atoms with Crippen LogP contribution in [0.4, 0.5) is 6.01 Å². The third-order valence-corrected chi connectivity index (χ3v) is 4.03. The molecule has 0 amide bonds. The maximum atomic E-state index is 5.67. The number of hydrogen-bond acceptors (Lipinski definition) is 5. The molecule has 0 aliphatic rings. The van der Waals surface area contributed by atoms with Crippen molar-refractivity contribution in [1.29, 1.82) is 0 Å². The highest BCUT2D eigenvalue weighted by molar-refractivity contribution is 7.09. The summed E-state index contributed by atoms with van der Waals surface area (Å²) in [6.07, 6.45) is 1.76. The molecule has 0 radical (unpaired) electrons. The minimum atomic E-state index is 0.349. The van der Waals surface area contributed by atoms with E-state index in [1.807, 2.05) is 0 Å². The summed E-state index contributed by atoms with van der Waals surface area (Å²) in [4.78, 5) is 8.12. The zero-order valence-electron chi connectivity index (χ0n) is 13.3. The maximum absolute atomic E-state index is 5.67. The molecule has 1 N–H and O–H groups in total. The molecule has 2 heterocycles. The van der Waals surface area contributed by atoms with Gasteiger partial charge in [0.05, 0.1) is 12.2 Å². The molecule has 2 aromatic rings. The Morgan fingerprint density at radius 3 is 2.76 bits per heavy atom. The van der Waals surface area contributed by atoms with Crippen molar-refractivity contribution in [1.82, 2.24) is 10.3 Å². The number of nitrogens with one attached hydrogen (secondary N) is 1. The third kappa shape index (κ3) is 4.86. The largest absolute Gasteiger partial charge is 0.432 e. The Morgan fingerprint density at radius 1 is 1.33 bits per heavy atom. The maximum Gasteiger partial charge on any atom is 0.298 e. The molecule has 0 spiro atoms. The molecule has 0 saturated carbocycles. The molecule has 21 heavy (non-hydrogen) atoms. The van der Waals surface area contributed by atoms with Crippen molar-refractivity contribution in [2.24, 2.45) is 5.92 Å². The van der Waals surface area contributed by atoms with E-state index in [0.29, 0.717) is 18.0 Å². The van der Waals surface area contributed by atoms with Gasteiger partial charge in [0.1, 0.15) is 6.26 Å². The van der Waals surface area contributed by atoms with Crippen LogP contribution in [-0.4, -0.2) is 17.6 Å². The average Bonchev–Trinajstić information content (AvgIpc) is 3.06. The Morgan fingerprint density at radius 2 is 2.14 bits per heavy atom. The molecule has 2 rings (SSSR count). The Hall–Kier alpha value is -1.33. The second kappa shape index (κ2) is 7.61. The number of hydrogen-bond donors (Lipinski definition) is 1. The van der Waals surface area contributed by atoms with Crippen molar-refractivity contribution in [3.8, 4) is 0 Å². The van der Waals surface area contributed by atoms with E-state index in [2.05, 4.69) is 60.4 Å². The van der Waals surface area contributed by atoms with Crippen LogP contribution in [0.2, 0.25) is 0 Å². The number of rotatable bonds is 8. The van der Waals surface area contributed by atoms with Crippen LogP contribution in [-0.2, 0) is 13.1 Å². The summed E-state index contributed by atoms with van der Waals surface area (Å²) in [6, 6.07) is 5.28. The zero-order valence-corrected chi connectivity index (χ0v) is 14.1. The SMILES string of the molecule is CC(C)CNCc1coc(N(Cc2cccs2)C(C)C)n1. The second-order valence-corrected chi connectivity index (χ2v) is 6.98. The van der Waals surface area contributed by atoms with E-state index in [-0.39, 0.29) is 0 Å². The van der Waals surface area contributed by atoms with Crippen LogP contribution in [0.25, 0.3) is 0 Å². The molecule has 2 aromatic heterocycles. The van der Waals surface area contributed by atoms with Gasteiger partial charge in [-0.3, -0.25) is 0 Å². The Bertz CT molecular complexity index is 519. The molecule has 0 unspecified atom stereocenters. The first kappa shape index (κ1) is 16.0. The van der Waals surface area contributed by atoms with Crippen LogP contribution in [0.3, 0.4) is 0 Å². The van der Waals surface area contributed by atoms with Crippen molar-refractivity contribution in [2.45, 2.75) is 46.8 Å². The summed E-state index contributed by atoms with van der Waals surface area (Å²) in [6.45, 7) is 11.3. The Balaban J connectivity index is 1.99. The third-order valence-electron chi connectivity index (χ3n) is 3.17. The quantitative estimate of drug-likeness (QED) is 0.803. The number of anilines is 1. The van der Waals surface area contributed by atoms with Crippen molar-refractivity contribution < 1.29 is 4.42 Å². The smallest absolute Gasteiger partial charge is 0.298 e. The van der Waals surface area contributed by atoms with E-state index >= 15 is 0 Å². The van der Waals surface area contributed by atoms with Crippen molar-refractivity contribution in [2.75, 3.05) is 11.4 Å². The highest BCUT2D eigenvalue weighted by atomic mass is 32.1. The van der Waals surface area contributed by atoms with Gasteiger partial charge in [0.15, 0.2) is 0 Å². The number of nitrogens with zero attached hydrogens (tertiary/aromatic N) is 2. The monoisotopic (exact) mass is 307 g/mol. The van der Waals surface area contributed by atoms with Crippen LogP contribution in [0.15, 0.2) is 28.2 Å². The molecule has 0 saturated heterocycles. The van der Waals surface area contributed by atoms with E-state index in [0.717, 1.165) is 25.3 Å². The highest BCUT2D eigenvalue weighted by Gasteiger charge is 2.17. The standard InChI is InChI=1S/C16H25N3OS/c1-12(2)8-17-9-14-11-20-16(18-14)19(13(3)4)10-15-6-5-7-21-15/h5-7,11-13,17H,8-10H2,1-4H3. The predicted octanol–water partition coefficient (Wildman–Crippen LogP) is 3.90. The first-order valence-electron chi connectivity index (χ1n) is 7.50. The van der Waals surface area contributed by atoms with Crippen molar-refractivity contribution in [3.63, 3.8) is 0 Å². The number of aromatic nitrogens is 1. The molecule has 0 aliphatic carbocycles. The summed E-state index contributed by atoms with van der Waals surface area (Å²) < 4.78 is 5.67. The fourth-order valence-electron chi connectivity index (χ4n) is 2.04. The van der Waals surface area contributed by atoms with Crippen LogP contribution in [0.5, 0.6) is 0 Å². The minimum Gasteiger partial charge on any atom is -0.432 e. The molecule has 5 heteroatoms. The topological polar surface area (TPSA) is 41.3 Å². The molecule has 0 bridgehead atoms. The molecule has 0 atom stereocenters. The lowest BCUT2D eigenvalue weighted by atomic mass is 10.2. The van der Waals surface area contributed by atoms with Gasteiger partial charge < -0.3 is 14.6 Å². The van der Waals surface area contributed by atoms with Crippen LogP contribution in [0, 0.1) is 5.92 Å². The lowest BCUT2D eigenvalue weighted by molar-refractivity contribution is 0.509. The first-order chi connectivity index (χ1) is 10.1. The average molecular weight is 307 g/mol. The van der Waals surface area contributed by atoms with E-state index in [4.69, 9.17) is 4.42 Å². The van der Waals surface area contributed by atoms with E-state index < -0.39 is 0 Å². The summed E-state index contributed by atoms with van der Waals surface area (Å²) in [5.74, 6) is 0.641. The van der Waals surface area contributed by atoms with Gasteiger partial charge in [0.25, 0.3) is 6.01 Å². The number of oxazole rings is 1. The van der Waals surface area contributed by atoms with Crippen LogP contribution < -0.4 is 10.2 Å². The Kier molecular flexibility index (Phi) is 5.82. The highest BCUT2D eigenvalue weighted by Crippen LogP contribution is 2.21. The molecule has 4 nitrogen and oxygen atoms in total. The molecule has 116 valence electrons. The van der Waals surface area contributed by atoms with E-state index in [1.54, 1.807) is 17.6 Å². The van der Waals surface area contributed by atoms with Crippen LogP contribution >= 0.6 is 11.3 Å². The zero-order chi connectivity index (χ0) is 15.2. The molecule has 0 aliphatic heterocycles. The van der Waals surface area contributed by atoms with E-state index in [9.17, 15) is 0 Å². The van der Waals surface area contributed by atoms with E-state index in [1.165, 1.54) is 4.88 Å². The Labute approximate surface area is 131 Å². The molecule has 0 fully saturated rings. The van der Waals surface area contributed by atoms with Crippen LogP contribution in [0.1, 0.15) is 38.3 Å². The summed E-state index contributed by atoms with van der Waals surface area (Å²) in [5.41, 5.74) is 0.961. The molecular formula is C16H25N3OS. The van der Waals surface area contributed by atoms with Crippen molar-refractivity contribution >= 4 is 17.4 Å². The fraction of sp³-hybridized carbons (Fsp3) is 0.562. The van der Waals surface area contributed by atoms with Crippen molar-refractivity contribution in [3.05, 3.63) is 34.3 Å². The molecular weight excluding hydrogens is 282 g/mol. The summed E-state index contributed by atoms with van der Waals surface area (Å²) in [7, 11) is 0. The van der Waals surface area contributed by atoms with Gasteiger partial charge in [-0.05, 0) is 37.8 Å².